The molecule has 0 fully saturated rings. The average molecular weight is 479 g/mol. The molecule has 9 heteroatoms. The molecule has 0 saturated carbocycles. The minimum Gasteiger partial charge on any atom is -0.464 e. The van der Waals surface area contributed by atoms with E-state index in [2.05, 4.69) is 11.9 Å². The van der Waals surface area contributed by atoms with E-state index in [0.717, 1.165) is 18.4 Å². The maximum atomic E-state index is 13.1. The Morgan fingerprint density at radius 2 is 2.03 bits per heavy atom. The van der Waals surface area contributed by atoms with Crippen LogP contribution in [0.5, 0.6) is 0 Å². The van der Waals surface area contributed by atoms with Crippen LogP contribution in [0.25, 0.3) is 32.4 Å². The summed E-state index contributed by atoms with van der Waals surface area (Å²) in [5.74, 6) is 1.19. The van der Waals surface area contributed by atoms with E-state index in [0.29, 0.717) is 44.4 Å². The van der Waals surface area contributed by atoms with Crippen molar-refractivity contribution in [3.63, 3.8) is 0 Å². The number of fused-ring (bicyclic) bond motifs is 2. The van der Waals surface area contributed by atoms with Gasteiger partial charge in [0.05, 0.1) is 27.8 Å². The van der Waals surface area contributed by atoms with Gasteiger partial charge in [-0.3, -0.25) is 14.2 Å². The van der Waals surface area contributed by atoms with Crippen LogP contribution in [-0.2, 0) is 6.54 Å². The van der Waals surface area contributed by atoms with E-state index in [-0.39, 0.29) is 16.4 Å². The summed E-state index contributed by atoms with van der Waals surface area (Å²) in [5.41, 5.74) is 1.17. The van der Waals surface area contributed by atoms with Crippen LogP contribution in [0.15, 0.2) is 67.2 Å². The van der Waals surface area contributed by atoms with Crippen LogP contribution in [0.1, 0.15) is 37.8 Å². The predicted molar refractivity (Wildman–Crippen MR) is 133 cm³/mol. The van der Waals surface area contributed by atoms with Crippen LogP contribution >= 0.6 is 23.1 Å². The summed E-state index contributed by atoms with van der Waals surface area (Å²) in [6, 6.07) is 11.0. The Bertz CT molecular complexity index is 1550. The van der Waals surface area contributed by atoms with Crippen LogP contribution in [0.2, 0.25) is 0 Å². The SMILES string of the molecule is CCCCn1c(SC(C)c2nc3scc(-c4ccco4)c3c(=O)[nH]2)nc2ccccc2c1=O. The fraction of sp³-hybridized carbons (Fsp3) is 0.250. The molecule has 7 nitrogen and oxygen atoms in total. The molecular formula is C24H22N4O3S2. The molecule has 1 aromatic carbocycles. The number of thioether (sulfide) groups is 1. The van der Waals surface area contributed by atoms with Crippen molar-refractivity contribution in [2.75, 3.05) is 0 Å². The molecular weight excluding hydrogens is 456 g/mol. The van der Waals surface area contributed by atoms with Gasteiger partial charge in [0, 0.05) is 17.5 Å². The second-order valence-corrected chi connectivity index (χ2v) is 9.91. The summed E-state index contributed by atoms with van der Waals surface area (Å²) < 4.78 is 7.21. The van der Waals surface area contributed by atoms with Gasteiger partial charge in [-0.25, -0.2) is 9.97 Å². The lowest BCUT2D eigenvalue weighted by Crippen LogP contribution is -2.24. The molecule has 0 bridgehead atoms. The highest BCUT2D eigenvalue weighted by Crippen LogP contribution is 2.35. The monoisotopic (exact) mass is 478 g/mol. The third-order valence-corrected chi connectivity index (χ3v) is 7.45. The molecule has 0 radical (unpaired) electrons. The van der Waals surface area contributed by atoms with Gasteiger partial charge in [0.2, 0.25) is 0 Å². The van der Waals surface area contributed by atoms with E-state index in [1.165, 1.54) is 23.1 Å². The van der Waals surface area contributed by atoms with Crippen LogP contribution in [0, 0.1) is 0 Å². The molecule has 1 unspecified atom stereocenters. The molecule has 0 amide bonds. The van der Waals surface area contributed by atoms with E-state index in [1.807, 2.05) is 42.6 Å². The summed E-state index contributed by atoms with van der Waals surface area (Å²) in [4.78, 5) is 39.2. The maximum absolute atomic E-state index is 13.1. The molecule has 0 aliphatic heterocycles. The number of H-pyrrole nitrogens is 1. The van der Waals surface area contributed by atoms with Crippen LogP contribution in [0.3, 0.4) is 0 Å². The van der Waals surface area contributed by atoms with Crippen molar-refractivity contribution in [3.05, 3.63) is 74.6 Å². The summed E-state index contributed by atoms with van der Waals surface area (Å²) in [6.45, 7) is 4.65. The standard InChI is InChI=1S/C24H22N4O3S2/c1-3-4-11-28-23(30)15-8-5-6-9-17(15)25-24(28)33-14(2)20-26-21(29)19-16(13-32-22(19)27-20)18-10-7-12-31-18/h5-10,12-14H,3-4,11H2,1-2H3,(H,26,27,29). The number of thiophene rings is 1. The molecule has 5 aromatic rings. The van der Waals surface area contributed by atoms with Crippen LogP contribution in [0.4, 0.5) is 0 Å². The average Bonchev–Trinajstić information content (AvgIpc) is 3.49. The summed E-state index contributed by atoms with van der Waals surface area (Å²) in [5, 5.41) is 3.45. The normalized spacial score (nSPS) is 12.5. The third-order valence-electron chi connectivity index (χ3n) is 5.48. The van der Waals surface area contributed by atoms with Crippen molar-refractivity contribution in [1.82, 2.24) is 19.5 Å². The molecule has 5 rings (SSSR count). The van der Waals surface area contributed by atoms with Crippen LogP contribution in [-0.4, -0.2) is 19.5 Å². The Kier molecular flexibility index (Phi) is 5.90. The number of aromatic amines is 1. The van der Waals surface area contributed by atoms with E-state index in [9.17, 15) is 9.59 Å². The molecule has 33 heavy (non-hydrogen) atoms. The van der Waals surface area contributed by atoms with E-state index < -0.39 is 0 Å². The minimum atomic E-state index is -0.211. The number of hydrogen-bond donors (Lipinski definition) is 1. The number of hydrogen-bond acceptors (Lipinski definition) is 7. The lowest BCUT2D eigenvalue weighted by atomic mass is 10.2. The van der Waals surface area contributed by atoms with Gasteiger partial charge in [0.1, 0.15) is 16.4 Å². The molecule has 0 spiro atoms. The molecule has 4 aromatic heterocycles. The largest absolute Gasteiger partial charge is 0.464 e. The zero-order valence-electron chi connectivity index (χ0n) is 18.2. The zero-order valence-corrected chi connectivity index (χ0v) is 19.8. The number of nitrogens with zero attached hydrogens (tertiary/aromatic N) is 3. The quantitative estimate of drug-likeness (QED) is 0.241. The van der Waals surface area contributed by atoms with Crippen molar-refractivity contribution in [2.45, 2.75) is 43.6 Å². The van der Waals surface area contributed by atoms with Crippen molar-refractivity contribution < 1.29 is 4.42 Å². The number of aromatic nitrogens is 4. The molecule has 4 heterocycles. The van der Waals surface area contributed by atoms with Gasteiger partial charge in [-0.05, 0) is 37.6 Å². The van der Waals surface area contributed by atoms with Gasteiger partial charge >= 0.3 is 0 Å². The first kappa shape index (κ1) is 21.7. The highest BCUT2D eigenvalue weighted by atomic mass is 32.2. The topological polar surface area (TPSA) is 93.8 Å². The summed E-state index contributed by atoms with van der Waals surface area (Å²) in [6.07, 6.45) is 3.44. The molecule has 168 valence electrons. The summed E-state index contributed by atoms with van der Waals surface area (Å²) in [7, 11) is 0. The first-order chi connectivity index (χ1) is 16.1. The Labute approximate surface area is 197 Å². The number of nitrogens with one attached hydrogen (secondary N) is 1. The van der Waals surface area contributed by atoms with Gasteiger partial charge in [-0.15, -0.1) is 11.3 Å². The molecule has 0 saturated heterocycles. The predicted octanol–water partition coefficient (Wildman–Crippen LogP) is 5.61. The van der Waals surface area contributed by atoms with E-state index >= 15 is 0 Å². The number of rotatable bonds is 7. The second-order valence-electron chi connectivity index (χ2n) is 7.74. The summed E-state index contributed by atoms with van der Waals surface area (Å²) >= 11 is 2.84. The van der Waals surface area contributed by atoms with Crippen molar-refractivity contribution >= 4 is 44.2 Å². The van der Waals surface area contributed by atoms with Crippen LogP contribution < -0.4 is 11.1 Å². The Morgan fingerprint density at radius 3 is 2.82 bits per heavy atom. The number of benzene rings is 1. The lowest BCUT2D eigenvalue weighted by Gasteiger charge is -2.16. The van der Waals surface area contributed by atoms with Gasteiger partial charge in [-0.2, -0.15) is 0 Å². The number of para-hydroxylation sites is 1. The first-order valence-electron chi connectivity index (χ1n) is 10.8. The van der Waals surface area contributed by atoms with Gasteiger partial charge in [-0.1, -0.05) is 37.2 Å². The van der Waals surface area contributed by atoms with Crippen molar-refractivity contribution in [3.8, 4) is 11.3 Å². The fourth-order valence-electron chi connectivity index (χ4n) is 3.74. The van der Waals surface area contributed by atoms with Gasteiger partial charge in [0.25, 0.3) is 11.1 Å². The van der Waals surface area contributed by atoms with Gasteiger partial charge < -0.3 is 9.40 Å². The molecule has 0 aliphatic carbocycles. The highest BCUT2D eigenvalue weighted by Gasteiger charge is 2.20. The van der Waals surface area contributed by atoms with E-state index in [4.69, 9.17) is 14.4 Å². The highest BCUT2D eigenvalue weighted by molar-refractivity contribution is 7.99. The minimum absolute atomic E-state index is 0.0398. The number of unbranched alkanes of at least 4 members (excludes halogenated alkanes) is 1. The smallest absolute Gasteiger partial charge is 0.262 e. The Hall–Kier alpha value is -3.17. The van der Waals surface area contributed by atoms with Gasteiger partial charge in [0.15, 0.2) is 5.16 Å². The number of furan rings is 1. The zero-order chi connectivity index (χ0) is 22.9. The molecule has 1 N–H and O–H groups in total. The fourth-order valence-corrected chi connectivity index (χ4v) is 5.66. The Balaban J connectivity index is 1.54. The molecule has 0 aliphatic rings. The van der Waals surface area contributed by atoms with Crippen molar-refractivity contribution in [1.29, 1.82) is 0 Å². The molecule has 1 atom stereocenters. The maximum Gasteiger partial charge on any atom is 0.262 e. The lowest BCUT2D eigenvalue weighted by molar-refractivity contribution is 0.557. The van der Waals surface area contributed by atoms with E-state index in [1.54, 1.807) is 16.9 Å². The Morgan fingerprint density at radius 1 is 1.18 bits per heavy atom. The second kappa shape index (κ2) is 8.99. The first-order valence-corrected chi connectivity index (χ1v) is 12.5. The third kappa shape index (κ3) is 4.02. The van der Waals surface area contributed by atoms with Crippen molar-refractivity contribution in [2.24, 2.45) is 0 Å².